The molecule has 1 unspecified atom stereocenters. The van der Waals surface area contributed by atoms with Gasteiger partial charge in [-0.25, -0.2) is 8.42 Å². The summed E-state index contributed by atoms with van der Waals surface area (Å²) >= 11 is 0. The van der Waals surface area contributed by atoms with E-state index in [0.717, 1.165) is 0 Å². The monoisotopic (exact) mass is 247 g/mol. The van der Waals surface area contributed by atoms with E-state index in [2.05, 4.69) is 15.5 Å². The minimum atomic E-state index is -2.92. The van der Waals surface area contributed by atoms with Gasteiger partial charge in [-0.1, -0.05) is 12.1 Å². The molecule has 92 valence electrons. The lowest BCUT2D eigenvalue weighted by Crippen LogP contribution is -2.34. The highest BCUT2D eigenvalue weighted by molar-refractivity contribution is 7.91. The normalized spacial score (nSPS) is 13.9. The molecule has 0 bridgehead atoms. The van der Waals surface area contributed by atoms with E-state index < -0.39 is 9.84 Å². The molecule has 0 aliphatic carbocycles. The number of nitrogens with zero attached hydrogens (tertiary/aromatic N) is 2. The van der Waals surface area contributed by atoms with Crippen LogP contribution in [-0.2, 0) is 16.3 Å². The lowest BCUT2D eigenvalue weighted by molar-refractivity contribution is 0.373. The van der Waals surface area contributed by atoms with E-state index in [1.54, 1.807) is 6.92 Å². The molecule has 1 atom stereocenters. The van der Waals surface area contributed by atoms with Gasteiger partial charge in [-0.2, -0.15) is 4.98 Å². The molecule has 0 aliphatic heterocycles. The number of nitrogens with one attached hydrogen (secondary N) is 1. The van der Waals surface area contributed by atoms with Gasteiger partial charge in [0, 0.05) is 24.8 Å². The Balaban J connectivity index is 2.23. The molecule has 6 nitrogen and oxygen atoms in total. The van der Waals surface area contributed by atoms with Crippen molar-refractivity contribution in [3.63, 3.8) is 0 Å². The van der Waals surface area contributed by atoms with E-state index >= 15 is 0 Å². The van der Waals surface area contributed by atoms with Crippen LogP contribution in [0.25, 0.3) is 0 Å². The summed E-state index contributed by atoms with van der Waals surface area (Å²) in [5, 5.41) is 6.59. The predicted octanol–water partition coefficient (Wildman–Crippen LogP) is 0.0249. The van der Waals surface area contributed by atoms with Gasteiger partial charge in [0.15, 0.2) is 16.2 Å². The molecular weight excluding hydrogens is 230 g/mol. The molecule has 0 radical (unpaired) electrons. The highest BCUT2D eigenvalue weighted by Gasteiger charge is 2.13. The highest BCUT2D eigenvalue weighted by Crippen LogP contribution is 1.95. The fourth-order valence-electron chi connectivity index (χ4n) is 1.29. The maximum Gasteiger partial charge on any atom is 0.227 e. The largest absolute Gasteiger partial charge is 0.340 e. The third-order valence-electron chi connectivity index (χ3n) is 2.18. The second kappa shape index (κ2) is 5.95. The quantitative estimate of drug-likeness (QED) is 0.731. The number of hydrogen-bond donors (Lipinski definition) is 1. The van der Waals surface area contributed by atoms with Crippen LogP contribution in [0, 0.1) is 0 Å². The maximum absolute atomic E-state index is 11.3. The summed E-state index contributed by atoms with van der Waals surface area (Å²) in [5.74, 6) is 0.897. The molecule has 0 amide bonds. The Labute approximate surface area is 95.3 Å². The molecular formula is C9H17N3O3S. The molecule has 0 fully saturated rings. The van der Waals surface area contributed by atoms with E-state index in [9.17, 15) is 8.42 Å². The average Bonchev–Trinajstić information content (AvgIpc) is 2.70. The van der Waals surface area contributed by atoms with Crippen LogP contribution >= 0.6 is 0 Å². The van der Waals surface area contributed by atoms with E-state index in [1.807, 2.05) is 6.92 Å². The fourth-order valence-corrected chi connectivity index (χ4v) is 2.40. The van der Waals surface area contributed by atoms with E-state index in [-0.39, 0.29) is 17.5 Å². The van der Waals surface area contributed by atoms with Crippen LogP contribution in [0.3, 0.4) is 0 Å². The molecule has 0 saturated heterocycles. The maximum atomic E-state index is 11.3. The van der Waals surface area contributed by atoms with Gasteiger partial charge < -0.3 is 9.84 Å². The number of aromatic nitrogens is 2. The molecule has 16 heavy (non-hydrogen) atoms. The standard InChI is InChI=1S/C9H17N3O3S/c1-3-16(13,14)6-8(2)10-5-4-9-11-7-12-15-9/h7-8,10H,3-6H2,1-2H3. The summed E-state index contributed by atoms with van der Waals surface area (Å²) in [7, 11) is -2.92. The van der Waals surface area contributed by atoms with Gasteiger partial charge in [-0.05, 0) is 6.92 Å². The van der Waals surface area contributed by atoms with Crippen molar-refractivity contribution in [3.8, 4) is 0 Å². The Morgan fingerprint density at radius 3 is 2.88 bits per heavy atom. The van der Waals surface area contributed by atoms with Crippen LogP contribution in [0.15, 0.2) is 10.9 Å². The van der Waals surface area contributed by atoms with Crippen LogP contribution in [0.1, 0.15) is 19.7 Å². The zero-order valence-electron chi connectivity index (χ0n) is 9.51. The third kappa shape index (κ3) is 4.71. The Morgan fingerprint density at radius 1 is 1.56 bits per heavy atom. The summed E-state index contributed by atoms with van der Waals surface area (Å²) < 4.78 is 27.5. The van der Waals surface area contributed by atoms with Gasteiger partial charge in [0.05, 0.1) is 5.75 Å². The van der Waals surface area contributed by atoms with Crippen LogP contribution in [-0.4, -0.2) is 42.7 Å². The van der Waals surface area contributed by atoms with E-state index in [1.165, 1.54) is 6.33 Å². The Morgan fingerprint density at radius 2 is 2.31 bits per heavy atom. The van der Waals surface area contributed by atoms with Crippen LogP contribution in [0.2, 0.25) is 0 Å². The number of sulfone groups is 1. The zero-order valence-corrected chi connectivity index (χ0v) is 10.3. The number of hydrogen-bond acceptors (Lipinski definition) is 6. The molecule has 0 saturated carbocycles. The minimum absolute atomic E-state index is 0.0622. The Kier molecular flexibility index (Phi) is 4.88. The van der Waals surface area contributed by atoms with Crippen LogP contribution in [0.5, 0.6) is 0 Å². The summed E-state index contributed by atoms with van der Waals surface area (Å²) in [6.45, 7) is 4.13. The second-order valence-electron chi connectivity index (χ2n) is 3.64. The van der Waals surface area contributed by atoms with Crippen molar-refractivity contribution in [2.24, 2.45) is 0 Å². The van der Waals surface area contributed by atoms with Crippen molar-refractivity contribution >= 4 is 9.84 Å². The number of rotatable bonds is 7. The Hall–Kier alpha value is -0.950. The molecule has 1 heterocycles. The van der Waals surface area contributed by atoms with E-state index in [0.29, 0.717) is 18.9 Å². The SMILES string of the molecule is CCS(=O)(=O)CC(C)NCCc1ncno1. The van der Waals surface area contributed by atoms with E-state index in [4.69, 9.17) is 4.52 Å². The van der Waals surface area contributed by atoms with Crippen molar-refractivity contribution < 1.29 is 12.9 Å². The van der Waals surface area contributed by atoms with Gasteiger partial charge >= 0.3 is 0 Å². The molecule has 0 aromatic carbocycles. The summed E-state index contributed by atoms with van der Waals surface area (Å²) in [4.78, 5) is 3.87. The molecule has 1 aromatic rings. The fraction of sp³-hybridized carbons (Fsp3) is 0.778. The summed E-state index contributed by atoms with van der Waals surface area (Å²) in [5.41, 5.74) is 0. The van der Waals surface area contributed by atoms with Crippen molar-refractivity contribution in [3.05, 3.63) is 12.2 Å². The first-order valence-electron chi connectivity index (χ1n) is 5.23. The third-order valence-corrected chi connectivity index (χ3v) is 4.07. The molecule has 7 heteroatoms. The molecule has 0 spiro atoms. The smallest absolute Gasteiger partial charge is 0.227 e. The van der Waals surface area contributed by atoms with Gasteiger partial charge in [0.1, 0.15) is 0 Å². The summed E-state index contributed by atoms with van der Waals surface area (Å²) in [6.07, 6.45) is 1.96. The topological polar surface area (TPSA) is 85.1 Å². The van der Waals surface area contributed by atoms with Gasteiger partial charge in [0.2, 0.25) is 5.89 Å². The van der Waals surface area contributed by atoms with Crippen LogP contribution < -0.4 is 5.32 Å². The van der Waals surface area contributed by atoms with Crippen molar-refractivity contribution in [1.29, 1.82) is 0 Å². The first-order valence-corrected chi connectivity index (χ1v) is 7.05. The molecule has 0 aliphatic rings. The molecule has 1 aromatic heterocycles. The zero-order chi connectivity index (χ0) is 12.0. The second-order valence-corrected chi connectivity index (χ2v) is 6.04. The molecule has 1 rings (SSSR count). The predicted molar refractivity (Wildman–Crippen MR) is 59.8 cm³/mol. The van der Waals surface area contributed by atoms with Gasteiger partial charge in [-0.15, -0.1) is 0 Å². The van der Waals surface area contributed by atoms with Gasteiger partial charge in [-0.3, -0.25) is 0 Å². The first kappa shape index (κ1) is 13.1. The van der Waals surface area contributed by atoms with Crippen molar-refractivity contribution in [2.75, 3.05) is 18.1 Å². The van der Waals surface area contributed by atoms with Gasteiger partial charge in [0.25, 0.3) is 0 Å². The van der Waals surface area contributed by atoms with Crippen molar-refractivity contribution in [2.45, 2.75) is 26.3 Å². The highest BCUT2D eigenvalue weighted by atomic mass is 32.2. The van der Waals surface area contributed by atoms with Crippen molar-refractivity contribution in [1.82, 2.24) is 15.5 Å². The Bertz CT molecular complexity index is 388. The average molecular weight is 247 g/mol. The van der Waals surface area contributed by atoms with Crippen LogP contribution in [0.4, 0.5) is 0 Å². The first-order chi connectivity index (χ1) is 7.53. The molecule has 1 N–H and O–H groups in total. The summed E-state index contributed by atoms with van der Waals surface area (Å²) in [6, 6.07) is -0.0622. The minimum Gasteiger partial charge on any atom is -0.340 e. The lowest BCUT2D eigenvalue weighted by Gasteiger charge is -2.12. The lowest BCUT2D eigenvalue weighted by atomic mass is 10.3.